The molecule has 0 fully saturated rings. The number of rotatable bonds is 8. The third-order valence-electron chi connectivity index (χ3n) is 4.58. The zero-order valence-electron chi connectivity index (χ0n) is 17.6. The molecule has 3 rings (SSSR count). The van der Waals surface area contributed by atoms with Crippen molar-refractivity contribution in [1.29, 1.82) is 5.26 Å². The Kier molecular flexibility index (Phi) is 8.86. The minimum absolute atomic E-state index is 0.0142. The van der Waals surface area contributed by atoms with Crippen molar-refractivity contribution in [1.82, 2.24) is 5.32 Å². The highest BCUT2D eigenvalue weighted by atomic mass is 127. The van der Waals surface area contributed by atoms with Crippen molar-refractivity contribution in [2.75, 3.05) is 7.11 Å². The summed E-state index contributed by atoms with van der Waals surface area (Å²) in [5.41, 5.74) is 2.25. The van der Waals surface area contributed by atoms with E-state index in [1.54, 1.807) is 43.5 Å². The summed E-state index contributed by atoms with van der Waals surface area (Å²) >= 11 is 5.60. The van der Waals surface area contributed by atoms with Gasteiger partial charge < -0.3 is 14.8 Å². The first-order valence-electron chi connectivity index (χ1n) is 9.79. The molecule has 0 radical (unpaired) electrons. The molecule has 0 saturated heterocycles. The Balaban J connectivity index is 1.69. The fourth-order valence-electron chi connectivity index (χ4n) is 2.92. The van der Waals surface area contributed by atoms with Crippen LogP contribution in [-0.2, 0) is 17.9 Å². The van der Waals surface area contributed by atoms with Crippen LogP contribution in [0.2, 0.25) is 0 Å². The van der Waals surface area contributed by atoms with Crippen molar-refractivity contribution in [3.8, 4) is 17.6 Å². The minimum Gasteiger partial charge on any atom is -0.497 e. The van der Waals surface area contributed by atoms with Gasteiger partial charge in [0.25, 0.3) is 5.91 Å². The van der Waals surface area contributed by atoms with Gasteiger partial charge in [0, 0.05) is 6.54 Å². The summed E-state index contributed by atoms with van der Waals surface area (Å²) in [6, 6.07) is 19.0. The Labute approximate surface area is 213 Å². The van der Waals surface area contributed by atoms with Gasteiger partial charge in [0.05, 0.1) is 15.2 Å². The van der Waals surface area contributed by atoms with E-state index < -0.39 is 5.91 Å². The Morgan fingerprint density at radius 3 is 2.58 bits per heavy atom. The maximum absolute atomic E-state index is 13.4. The fourth-order valence-corrected chi connectivity index (χ4v) is 4.69. The van der Waals surface area contributed by atoms with Crippen LogP contribution in [0.1, 0.15) is 16.7 Å². The van der Waals surface area contributed by atoms with Crippen molar-refractivity contribution in [2.45, 2.75) is 13.2 Å². The second-order valence-electron chi connectivity index (χ2n) is 6.93. The van der Waals surface area contributed by atoms with E-state index in [0.29, 0.717) is 21.3 Å². The summed E-state index contributed by atoms with van der Waals surface area (Å²) < 4.78 is 25.8. The van der Waals surface area contributed by atoms with E-state index in [4.69, 9.17) is 9.47 Å². The van der Waals surface area contributed by atoms with Gasteiger partial charge in [-0.25, -0.2) is 4.39 Å². The van der Waals surface area contributed by atoms with Gasteiger partial charge in [-0.3, -0.25) is 4.79 Å². The number of hydrogen-bond donors (Lipinski definition) is 1. The molecular weight excluding hydrogens is 602 g/mol. The number of halogens is 3. The van der Waals surface area contributed by atoms with Crippen LogP contribution < -0.4 is 14.8 Å². The molecule has 0 aliphatic heterocycles. The maximum Gasteiger partial charge on any atom is 0.262 e. The van der Waals surface area contributed by atoms with Gasteiger partial charge in [0.2, 0.25) is 0 Å². The normalized spacial score (nSPS) is 10.9. The minimum atomic E-state index is -0.467. The van der Waals surface area contributed by atoms with E-state index in [0.717, 1.165) is 14.9 Å². The quantitative estimate of drug-likeness (QED) is 0.190. The van der Waals surface area contributed by atoms with Gasteiger partial charge in [-0.1, -0.05) is 24.3 Å². The molecule has 8 heteroatoms. The molecule has 33 heavy (non-hydrogen) atoms. The van der Waals surface area contributed by atoms with E-state index in [1.165, 1.54) is 18.2 Å². The van der Waals surface area contributed by atoms with Crippen LogP contribution >= 0.6 is 38.5 Å². The molecule has 0 aliphatic carbocycles. The molecule has 0 unspecified atom stereocenters. The van der Waals surface area contributed by atoms with Crippen LogP contribution in [0.4, 0.5) is 4.39 Å². The Bertz CT molecular complexity index is 1200. The number of carbonyl (C=O) groups excluding carboxylic acids is 1. The first-order valence-corrected chi connectivity index (χ1v) is 11.7. The number of amides is 1. The number of nitrogens with zero attached hydrogens (tertiary/aromatic N) is 1. The molecule has 0 bridgehead atoms. The van der Waals surface area contributed by atoms with Crippen LogP contribution in [0, 0.1) is 20.7 Å². The maximum atomic E-state index is 13.4. The highest BCUT2D eigenvalue weighted by molar-refractivity contribution is 14.1. The van der Waals surface area contributed by atoms with Crippen LogP contribution in [0.25, 0.3) is 6.08 Å². The number of methoxy groups -OCH3 is 1. The molecular formula is C25H19BrFIN2O3. The second kappa shape index (κ2) is 11.8. The van der Waals surface area contributed by atoms with Crippen molar-refractivity contribution < 1.29 is 18.7 Å². The van der Waals surface area contributed by atoms with E-state index in [-0.39, 0.29) is 24.5 Å². The Morgan fingerprint density at radius 2 is 1.94 bits per heavy atom. The Morgan fingerprint density at radius 1 is 1.18 bits per heavy atom. The SMILES string of the molecule is COc1ccc(CNC(=O)/C(C#N)=C\c2cc(Br)c(OCc3cccc(F)c3)c(I)c2)cc1. The predicted molar refractivity (Wildman–Crippen MR) is 136 cm³/mol. The van der Waals surface area contributed by atoms with Gasteiger partial charge in [0.1, 0.15) is 35.6 Å². The standard InChI is InChI=1S/C25H19BrFIN2O3/c1-32-21-7-5-16(6-8-21)14-30-25(31)19(13-29)9-18-11-22(26)24(23(28)12-18)33-15-17-3-2-4-20(27)10-17/h2-12H,14-15H2,1H3,(H,30,31)/b19-9-. The number of nitriles is 1. The monoisotopic (exact) mass is 620 g/mol. The average molecular weight is 621 g/mol. The lowest BCUT2D eigenvalue weighted by atomic mass is 10.1. The summed E-state index contributed by atoms with van der Waals surface area (Å²) in [6.45, 7) is 0.495. The number of hydrogen-bond acceptors (Lipinski definition) is 4. The highest BCUT2D eigenvalue weighted by Gasteiger charge is 2.13. The van der Waals surface area contributed by atoms with Crippen LogP contribution in [0.3, 0.4) is 0 Å². The molecule has 5 nitrogen and oxygen atoms in total. The zero-order chi connectivity index (χ0) is 23.8. The summed E-state index contributed by atoms with van der Waals surface area (Å²) in [6.07, 6.45) is 1.52. The molecule has 168 valence electrons. The lowest BCUT2D eigenvalue weighted by molar-refractivity contribution is -0.117. The van der Waals surface area contributed by atoms with E-state index >= 15 is 0 Å². The van der Waals surface area contributed by atoms with E-state index in [2.05, 4.69) is 43.8 Å². The van der Waals surface area contributed by atoms with Gasteiger partial charge >= 0.3 is 0 Å². The largest absolute Gasteiger partial charge is 0.497 e. The van der Waals surface area contributed by atoms with Gasteiger partial charge in [-0.15, -0.1) is 0 Å². The second-order valence-corrected chi connectivity index (χ2v) is 8.95. The number of benzene rings is 3. The zero-order valence-corrected chi connectivity index (χ0v) is 21.3. The highest BCUT2D eigenvalue weighted by Crippen LogP contribution is 2.33. The smallest absolute Gasteiger partial charge is 0.262 e. The molecule has 3 aromatic rings. The first kappa shape index (κ1) is 24.7. The topological polar surface area (TPSA) is 71.3 Å². The molecule has 0 saturated carbocycles. The lowest BCUT2D eigenvalue weighted by Crippen LogP contribution is -2.23. The molecule has 1 amide bonds. The fraction of sp³-hybridized carbons (Fsp3) is 0.120. The van der Waals surface area contributed by atoms with Crippen LogP contribution in [0.15, 0.2) is 70.7 Å². The van der Waals surface area contributed by atoms with Crippen molar-refractivity contribution in [3.05, 3.63) is 96.8 Å². The number of carbonyl (C=O) groups is 1. The molecule has 1 N–H and O–H groups in total. The summed E-state index contributed by atoms with van der Waals surface area (Å²) in [7, 11) is 1.59. The molecule has 0 aliphatic rings. The third-order valence-corrected chi connectivity index (χ3v) is 5.97. The number of ether oxygens (including phenoxy) is 2. The van der Waals surface area contributed by atoms with Crippen molar-refractivity contribution >= 4 is 50.5 Å². The summed E-state index contributed by atoms with van der Waals surface area (Å²) in [5, 5.41) is 12.2. The van der Waals surface area contributed by atoms with E-state index in [9.17, 15) is 14.4 Å². The van der Waals surface area contributed by atoms with Gasteiger partial charge in [0.15, 0.2) is 0 Å². The average Bonchev–Trinajstić information content (AvgIpc) is 2.81. The van der Waals surface area contributed by atoms with Crippen LogP contribution in [0.5, 0.6) is 11.5 Å². The van der Waals surface area contributed by atoms with Crippen LogP contribution in [-0.4, -0.2) is 13.0 Å². The van der Waals surface area contributed by atoms with Gasteiger partial charge in [-0.05, 0) is 97.7 Å². The first-order chi connectivity index (χ1) is 15.9. The van der Waals surface area contributed by atoms with Crippen molar-refractivity contribution in [2.24, 2.45) is 0 Å². The summed E-state index contributed by atoms with van der Waals surface area (Å²) in [5.74, 6) is 0.538. The summed E-state index contributed by atoms with van der Waals surface area (Å²) in [4.78, 5) is 12.5. The molecule has 0 heterocycles. The lowest BCUT2D eigenvalue weighted by Gasteiger charge is -2.12. The molecule has 0 atom stereocenters. The molecule has 0 aromatic heterocycles. The van der Waals surface area contributed by atoms with Gasteiger partial charge in [-0.2, -0.15) is 5.26 Å². The Hall–Kier alpha value is -2.90. The third kappa shape index (κ3) is 7.04. The molecule has 3 aromatic carbocycles. The molecule has 0 spiro atoms. The number of nitrogens with one attached hydrogen (secondary N) is 1. The van der Waals surface area contributed by atoms with E-state index in [1.807, 2.05) is 18.2 Å². The van der Waals surface area contributed by atoms with Crippen molar-refractivity contribution in [3.63, 3.8) is 0 Å². The predicted octanol–water partition coefficient (Wildman–Crippen LogP) is 6.00.